The van der Waals surface area contributed by atoms with Crippen molar-refractivity contribution in [2.75, 3.05) is 5.75 Å². The number of carboxylic acid groups (broad SMARTS) is 1. The van der Waals surface area contributed by atoms with Gasteiger partial charge in [-0.05, 0) is 106 Å². The lowest BCUT2D eigenvalue weighted by atomic mass is 9.48. The van der Waals surface area contributed by atoms with E-state index in [1.165, 1.54) is 61.9 Å². The van der Waals surface area contributed by atoms with E-state index in [4.69, 9.17) is 4.74 Å². The highest BCUT2D eigenvalue weighted by Gasteiger charge is 2.51. The van der Waals surface area contributed by atoms with Gasteiger partial charge in [0.05, 0.1) is 0 Å². The van der Waals surface area contributed by atoms with Crippen molar-refractivity contribution in [3.63, 3.8) is 0 Å². The van der Waals surface area contributed by atoms with Crippen molar-refractivity contribution in [3.05, 3.63) is 70.5 Å². The summed E-state index contributed by atoms with van der Waals surface area (Å²) in [5.74, 6) is 0.750. The first-order valence-electron chi connectivity index (χ1n) is 14.1. The first-order valence-corrected chi connectivity index (χ1v) is 15.3. The van der Waals surface area contributed by atoms with Crippen LogP contribution in [-0.4, -0.2) is 40.3 Å². The van der Waals surface area contributed by atoms with Gasteiger partial charge in [-0.15, -0.1) is 0 Å². The number of ketones is 1. The first kappa shape index (κ1) is 28.7. The minimum atomic E-state index is -1.20. The monoisotopic (exact) mass is 567 g/mol. The molecule has 0 aromatic heterocycles. The Bertz CT molecular complexity index is 1270. The van der Waals surface area contributed by atoms with E-state index < -0.39 is 29.5 Å². The van der Waals surface area contributed by atoms with Crippen molar-refractivity contribution < 1.29 is 28.6 Å². The molecule has 0 radical (unpaired) electrons. The van der Waals surface area contributed by atoms with Crippen molar-refractivity contribution in [2.45, 2.75) is 82.1 Å². The predicted octanol–water partition coefficient (Wildman–Crippen LogP) is 6.74. The zero-order chi connectivity index (χ0) is 28.7. The summed E-state index contributed by atoms with van der Waals surface area (Å²) in [5, 5.41) is 11.8. The summed E-state index contributed by atoms with van der Waals surface area (Å²) in [6, 6.07) is 11.3. The molecule has 0 saturated heterocycles. The number of ether oxygens (including phenoxy) is 1. The number of nitrogens with one attached hydrogen (secondary N) is 1. The van der Waals surface area contributed by atoms with E-state index in [-0.39, 0.29) is 22.7 Å². The SMILES string of the molecule is CC(C)(C)OC(=O)NC(CSCc1ccc(C(=O)c2cccc(C34CC5CC(CC(C5)C3)C4)c2)cc1F)C(=O)O. The highest BCUT2D eigenvalue weighted by atomic mass is 32.2. The number of hydrogen-bond acceptors (Lipinski definition) is 5. The largest absolute Gasteiger partial charge is 0.480 e. The van der Waals surface area contributed by atoms with Gasteiger partial charge in [-0.2, -0.15) is 11.8 Å². The van der Waals surface area contributed by atoms with Crippen LogP contribution in [0.15, 0.2) is 42.5 Å². The van der Waals surface area contributed by atoms with Gasteiger partial charge in [0, 0.05) is 22.6 Å². The van der Waals surface area contributed by atoms with Crippen LogP contribution < -0.4 is 5.32 Å². The Morgan fingerprint density at radius 2 is 1.65 bits per heavy atom. The molecular formula is C32H38FNO5S. The van der Waals surface area contributed by atoms with Gasteiger partial charge in [0.2, 0.25) is 0 Å². The summed E-state index contributed by atoms with van der Waals surface area (Å²) in [6.07, 6.45) is 6.91. The quantitative estimate of drug-likeness (QED) is 0.326. The normalized spacial score (nSPS) is 25.9. The van der Waals surface area contributed by atoms with Crippen molar-refractivity contribution in [3.8, 4) is 0 Å². The molecule has 2 aromatic carbocycles. The summed E-state index contributed by atoms with van der Waals surface area (Å²) < 4.78 is 20.1. The Hall–Kier alpha value is -2.87. The van der Waals surface area contributed by atoms with Crippen molar-refractivity contribution in [1.29, 1.82) is 0 Å². The van der Waals surface area contributed by atoms with Gasteiger partial charge in [-0.25, -0.2) is 14.0 Å². The van der Waals surface area contributed by atoms with Gasteiger partial charge < -0.3 is 15.2 Å². The van der Waals surface area contributed by atoms with E-state index in [1.807, 2.05) is 18.2 Å². The molecule has 4 aliphatic carbocycles. The summed E-state index contributed by atoms with van der Waals surface area (Å²) in [5.41, 5.74) is 1.95. The fourth-order valence-corrected chi connectivity index (χ4v) is 8.37. The Balaban J connectivity index is 1.22. The second-order valence-electron chi connectivity index (χ2n) is 13.0. The molecule has 1 amide bonds. The van der Waals surface area contributed by atoms with Crippen molar-refractivity contribution in [2.24, 2.45) is 17.8 Å². The maximum atomic E-state index is 15.0. The smallest absolute Gasteiger partial charge is 0.408 e. The van der Waals surface area contributed by atoms with Crippen LogP contribution in [0, 0.1) is 23.6 Å². The zero-order valence-electron chi connectivity index (χ0n) is 23.4. The molecule has 4 saturated carbocycles. The topological polar surface area (TPSA) is 92.7 Å². The molecule has 2 aromatic rings. The van der Waals surface area contributed by atoms with Crippen molar-refractivity contribution >= 4 is 29.6 Å². The molecule has 6 nitrogen and oxygen atoms in total. The number of rotatable bonds is 9. The van der Waals surface area contributed by atoms with Gasteiger partial charge in [0.15, 0.2) is 5.78 Å². The predicted molar refractivity (Wildman–Crippen MR) is 153 cm³/mol. The van der Waals surface area contributed by atoms with Crippen LogP contribution in [0.2, 0.25) is 0 Å². The summed E-state index contributed by atoms with van der Waals surface area (Å²) >= 11 is 1.18. The molecule has 2 N–H and O–H groups in total. The lowest BCUT2D eigenvalue weighted by molar-refractivity contribution is -0.138. The molecule has 8 heteroatoms. The summed E-state index contributed by atoms with van der Waals surface area (Å²) in [7, 11) is 0. The maximum absolute atomic E-state index is 15.0. The number of alkyl carbamates (subject to hydrolysis) is 1. The number of aliphatic carboxylic acids is 1. The number of benzene rings is 2. The molecule has 4 aliphatic rings. The summed E-state index contributed by atoms with van der Waals surface area (Å²) in [4.78, 5) is 36.9. The van der Waals surface area contributed by atoms with Crippen LogP contribution in [0.25, 0.3) is 0 Å². The number of halogens is 1. The van der Waals surface area contributed by atoms with Crippen molar-refractivity contribution in [1.82, 2.24) is 5.32 Å². The molecular weight excluding hydrogens is 529 g/mol. The van der Waals surface area contributed by atoms with E-state index in [0.717, 1.165) is 17.8 Å². The molecule has 4 bridgehead atoms. The number of carbonyl (C=O) groups excluding carboxylic acids is 2. The molecule has 0 aliphatic heterocycles. The van der Waals surface area contributed by atoms with Crippen LogP contribution in [0.1, 0.15) is 86.3 Å². The average molecular weight is 568 g/mol. The van der Waals surface area contributed by atoms with E-state index in [2.05, 4.69) is 11.4 Å². The maximum Gasteiger partial charge on any atom is 0.408 e. The minimum Gasteiger partial charge on any atom is -0.480 e. The molecule has 0 heterocycles. The van der Waals surface area contributed by atoms with E-state index in [9.17, 15) is 19.5 Å². The number of thioether (sulfide) groups is 1. The third-order valence-electron chi connectivity index (χ3n) is 8.62. The Morgan fingerprint density at radius 1 is 1.02 bits per heavy atom. The third-order valence-corrected chi connectivity index (χ3v) is 9.71. The van der Waals surface area contributed by atoms with Gasteiger partial charge in [-0.3, -0.25) is 4.79 Å². The molecule has 214 valence electrons. The Kier molecular flexibility index (Phi) is 8.01. The fourth-order valence-electron chi connectivity index (χ4n) is 7.34. The number of carboxylic acids is 1. The minimum absolute atomic E-state index is 0.0335. The Morgan fingerprint density at radius 3 is 2.23 bits per heavy atom. The summed E-state index contributed by atoms with van der Waals surface area (Å²) in [6.45, 7) is 5.07. The lowest BCUT2D eigenvalue weighted by Gasteiger charge is -2.57. The lowest BCUT2D eigenvalue weighted by Crippen LogP contribution is -2.48. The standard InChI is InChI=1S/C32H38FNO5S/c1-31(2,3)39-30(38)34-27(29(36)37)18-40-17-24-8-7-23(13-26(24)33)28(35)22-5-4-6-25(12-22)32-14-19-9-20(15-32)11-21(10-19)16-32/h4-8,12-13,19-21,27H,9-11,14-18H2,1-3H3,(H,34,38)(H,36,37). The van der Waals surface area contributed by atoms with Crippen LogP contribution in [0.3, 0.4) is 0 Å². The number of hydrogen-bond donors (Lipinski definition) is 2. The molecule has 1 atom stereocenters. The highest BCUT2D eigenvalue weighted by molar-refractivity contribution is 7.98. The average Bonchev–Trinajstić information content (AvgIpc) is 2.86. The second kappa shape index (κ2) is 11.2. The van der Waals surface area contributed by atoms with Gasteiger partial charge in [0.1, 0.15) is 17.5 Å². The van der Waals surface area contributed by atoms with E-state index in [1.54, 1.807) is 32.9 Å². The van der Waals surface area contributed by atoms with E-state index >= 15 is 4.39 Å². The molecule has 6 rings (SSSR count). The van der Waals surface area contributed by atoms with Gasteiger partial charge in [-0.1, -0.05) is 30.3 Å². The van der Waals surface area contributed by atoms with Crippen LogP contribution in [0.4, 0.5) is 9.18 Å². The van der Waals surface area contributed by atoms with Crippen LogP contribution in [-0.2, 0) is 20.7 Å². The zero-order valence-corrected chi connectivity index (χ0v) is 24.2. The van der Waals surface area contributed by atoms with Crippen LogP contribution in [0.5, 0.6) is 0 Å². The first-order chi connectivity index (χ1) is 18.9. The van der Waals surface area contributed by atoms with Gasteiger partial charge in [0.25, 0.3) is 0 Å². The number of carbonyl (C=O) groups is 3. The fraction of sp³-hybridized carbons (Fsp3) is 0.531. The van der Waals surface area contributed by atoms with Crippen LogP contribution >= 0.6 is 11.8 Å². The molecule has 1 unspecified atom stereocenters. The molecule has 40 heavy (non-hydrogen) atoms. The van der Waals surface area contributed by atoms with E-state index in [0.29, 0.717) is 16.7 Å². The third kappa shape index (κ3) is 6.37. The molecule has 4 fully saturated rings. The molecule has 0 spiro atoms. The van der Waals surface area contributed by atoms with Gasteiger partial charge >= 0.3 is 12.1 Å². The Labute approximate surface area is 239 Å². The second-order valence-corrected chi connectivity index (χ2v) is 14.0. The number of amides is 1. The highest BCUT2D eigenvalue weighted by Crippen LogP contribution is 2.60.